The number of rotatable bonds is 5. The van der Waals surface area contributed by atoms with Gasteiger partial charge in [-0.3, -0.25) is 0 Å². The first kappa shape index (κ1) is 23.9. The highest BCUT2D eigenvalue weighted by Gasteiger charge is 2.58. The van der Waals surface area contributed by atoms with Crippen molar-refractivity contribution >= 4 is 11.9 Å². The Bertz CT molecular complexity index is 993. The van der Waals surface area contributed by atoms with Crippen LogP contribution in [0.1, 0.15) is 91.6 Å². The zero-order chi connectivity index (χ0) is 24.3. The van der Waals surface area contributed by atoms with Crippen LogP contribution in [0.5, 0.6) is 11.5 Å². The Balaban J connectivity index is 1.74. The first-order chi connectivity index (χ1) is 15.3. The lowest BCUT2D eigenvalue weighted by atomic mass is 9.46. The first-order valence-corrected chi connectivity index (χ1v) is 11.8. The monoisotopic (exact) mass is 460 g/mol. The highest BCUT2D eigenvalue weighted by Crippen LogP contribution is 2.62. The van der Waals surface area contributed by atoms with Crippen molar-refractivity contribution in [3.8, 4) is 11.5 Å². The number of esters is 1. The number of carbonyl (C=O) groups is 2. The average molecular weight is 461 g/mol. The second-order valence-electron chi connectivity index (χ2n) is 11.3. The maximum atomic E-state index is 12.4. The average Bonchev–Trinajstić information content (AvgIpc) is 3.07. The second kappa shape index (κ2) is 7.90. The largest absolute Gasteiger partial charge is 0.495 e. The summed E-state index contributed by atoms with van der Waals surface area (Å²) in [5.74, 6) is -1.03. The smallest absolute Gasteiger partial charge is 0.340 e. The van der Waals surface area contributed by atoms with Crippen molar-refractivity contribution in [3.05, 3.63) is 22.3 Å². The fourth-order valence-electron chi connectivity index (χ4n) is 7.28. The van der Waals surface area contributed by atoms with Crippen LogP contribution in [0.2, 0.25) is 0 Å². The van der Waals surface area contributed by atoms with Gasteiger partial charge in [0.25, 0.3) is 0 Å². The van der Waals surface area contributed by atoms with Gasteiger partial charge in [0.1, 0.15) is 23.7 Å². The van der Waals surface area contributed by atoms with Crippen LogP contribution in [0.4, 0.5) is 0 Å². The molecule has 0 aromatic heterocycles. The van der Waals surface area contributed by atoms with Gasteiger partial charge in [0, 0.05) is 17.0 Å². The van der Waals surface area contributed by atoms with Crippen LogP contribution in [-0.4, -0.2) is 41.5 Å². The quantitative estimate of drug-likeness (QED) is 0.612. The van der Waals surface area contributed by atoms with Gasteiger partial charge in [0.05, 0.1) is 24.9 Å². The summed E-state index contributed by atoms with van der Waals surface area (Å²) in [4.78, 5) is 24.3. The highest BCUT2D eigenvalue weighted by molar-refractivity contribution is 6.08. The number of cyclic esters (lactones) is 1. The van der Waals surface area contributed by atoms with Crippen molar-refractivity contribution in [1.29, 1.82) is 0 Å². The molecule has 1 aromatic carbocycles. The van der Waals surface area contributed by atoms with Gasteiger partial charge in [-0.2, -0.15) is 0 Å². The molecule has 4 atom stereocenters. The van der Waals surface area contributed by atoms with Crippen LogP contribution in [-0.2, 0) is 11.3 Å². The van der Waals surface area contributed by atoms with Gasteiger partial charge in [0.2, 0.25) is 0 Å². The molecule has 4 unspecified atom stereocenters. The van der Waals surface area contributed by atoms with E-state index in [4.69, 9.17) is 14.2 Å². The van der Waals surface area contributed by atoms with Crippen LogP contribution in [0.3, 0.4) is 0 Å². The number of ether oxygens (including phenoxy) is 3. The predicted molar refractivity (Wildman–Crippen MR) is 122 cm³/mol. The molecule has 3 aliphatic rings. The molecule has 4 rings (SSSR count). The van der Waals surface area contributed by atoms with Crippen LogP contribution in [0, 0.1) is 29.6 Å². The van der Waals surface area contributed by atoms with E-state index in [1.807, 2.05) is 6.92 Å². The third-order valence-electron chi connectivity index (χ3n) is 8.86. The molecule has 0 spiro atoms. The molecule has 2 fully saturated rings. The SMILES string of the molecule is COc1c(C)c(OCC2C(C)(O)CCC3C(C)(C)CCCC32C)c2c(c1C(=O)O)C(=O)OC2. The molecular weight excluding hydrogens is 424 g/mol. The molecule has 1 heterocycles. The molecule has 33 heavy (non-hydrogen) atoms. The number of fused-ring (bicyclic) bond motifs is 2. The lowest BCUT2D eigenvalue weighted by molar-refractivity contribution is -0.176. The third-order valence-corrected chi connectivity index (χ3v) is 8.86. The maximum Gasteiger partial charge on any atom is 0.340 e. The third kappa shape index (κ3) is 3.59. The Morgan fingerprint density at radius 2 is 1.85 bits per heavy atom. The van der Waals surface area contributed by atoms with E-state index in [0.29, 0.717) is 29.2 Å². The molecule has 7 nitrogen and oxygen atoms in total. The minimum absolute atomic E-state index is 0.00163. The summed E-state index contributed by atoms with van der Waals surface area (Å²) in [5, 5.41) is 21.2. The Kier molecular flexibility index (Phi) is 5.71. The Hall–Kier alpha value is -2.28. The molecule has 2 N–H and O–H groups in total. The lowest BCUT2D eigenvalue weighted by Gasteiger charge is -2.61. The molecule has 0 amide bonds. The molecular formula is C26H36O7. The number of hydrogen-bond donors (Lipinski definition) is 2. The van der Waals surface area contributed by atoms with Crippen molar-refractivity contribution in [2.45, 2.75) is 78.9 Å². The van der Waals surface area contributed by atoms with Gasteiger partial charge < -0.3 is 24.4 Å². The van der Waals surface area contributed by atoms with Crippen LogP contribution in [0.15, 0.2) is 0 Å². The minimum atomic E-state index is -1.24. The number of carboxylic acid groups (broad SMARTS) is 1. The van der Waals surface area contributed by atoms with E-state index in [-0.39, 0.29) is 46.8 Å². The summed E-state index contributed by atoms with van der Waals surface area (Å²) >= 11 is 0. The number of aromatic carboxylic acids is 1. The van der Waals surface area contributed by atoms with E-state index in [9.17, 15) is 19.8 Å². The zero-order valence-electron chi connectivity index (χ0n) is 20.5. The van der Waals surface area contributed by atoms with Crippen molar-refractivity contribution in [3.63, 3.8) is 0 Å². The Labute approximate surface area is 195 Å². The summed E-state index contributed by atoms with van der Waals surface area (Å²) in [7, 11) is 1.38. The first-order valence-electron chi connectivity index (χ1n) is 11.8. The maximum absolute atomic E-state index is 12.4. The van der Waals surface area contributed by atoms with Gasteiger partial charge >= 0.3 is 11.9 Å². The standard InChI is InChI=1S/C26H36O7/c1-14-20(15-12-33-23(29)18(15)19(22(27)28)21(14)31-6)32-13-17-25(4)10-7-9-24(2,3)16(25)8-11-26(17,5)30/h16-17,30H,7-13H2,1-6H3,(H,27,28). The van der Waals surface area contributed by atoms with Crippen molar-refractivity contribution < 1.29 is 34.0 Å². The van der Waals surface area contributed by atoms with E-state index in [2.05, 4.69) is 20.8 Å². The van der Waals surface area contributed by atoms with Gasteiger partial charge in [0.15, 0.2) is 0 Å². The number of benzene rings is 1. The normalized spacial score (nSPS) is 32.5. The Morgan fingerprint density at radius 3 is 2.48 bits per heavy atom. The summed E-state index contributed by atoms with van der Waals surface area (Å²) in [6.45, 7) is 10.8. The summed E-state index contributed by atoms with van der Waals surface area (Å²) < 4.78 is 17.0. The van der Waals surface area contributed by atoms with Gasteiger partial charge in [-0.05, 0) is 56.3 Å². The highest BCUT2D eigenvalue weighted by atomic mass is 16.5. The molecule has 1 aliphatic heterocycles. The fraction of sp³-hybridized carbons (Fsp3) is 0.692. The van der Waals surface area contributed by atoms with Gasteiger partial charge in [-0.25, -0.2) is 9.59 Å². The molecule has 0 radical (unpaired) electrons. The molecule has 2 saturated carbocycles. The molecule has 0 saturated heterocycles. The number of methoxy groups -OCH3 is 1. The van der Waals surface area contributed by atoms with Crippen molar-refractivity contribution in [2.24, 2.45) is 22.7 Å². The fourth-order valence-corrected chi connectivity index (χ4v) is 7.28. The van der Waals surface area contributed by atoms with E-state index in [1.54, 1.807) is 6.92 Å². The second-order valence-corrected chi connectivity index (χ2v) is 11.3. The number of hydrogen-bond acceptors (Lipinski definition) is 6. The van der Waals surface area contributed by atoms with E-state index < -0.39 is 17.5 Å². The van der Waals surface area contributed by atoms with Crippen LogP contribution in [0.25, 0.3) is 0 Å². The van der Waals surface area contributed by atoms with Gasteiger partial charge in [-0.1, -0.05) is 27.2 Å². The lowest BCUT2D eigenvalue weighted by Crippen LogP contribution is -2.59. The minimum Gasteiger partial charge on any atom is -0.495 e. The topological polar surface area (TPSA) is 102 Å². The summed E-state index contributed by atoms with van der Waals surface area (Å²) in [5.41, 5.74) is 0.00478. The van der Waals surface area contributed by atoms with Crippen LogP contribution < -0.4 is 9.47 Å². The van der Waals surface area contributed by atoms with E-state index >= 15 is 0 Å². The number of carbonyl (C=O) groups excluding carboxylic acids is 1. The summed E-state index contributed by atoms with van der Waals surface area (Å²) in [6, 6.07) is 0. The Morgan fingerprint density at radius 1 is 1.15 bits per heavy atom. The number of carboxylic acids is 1. The number of aliphatic hydroxyl groups is 1. The zero-order valence-corrected chi connectivity index (χ0v) is 20.5. The van der Waals surface area contributed by atoms with Crippen molar-refractivity contribution in [2.75, 3.05) is 13.7 Å². The van der Waals surface area contributed by atoms with Gasteiger partial charge in [-0.15, -0.1) is 0 Å². The molecule has 182 valence electrons. The molecule has 1 aromatic rings. The van der Waals surface area contributed by atoms with E-state index in [0.717, 1.165) is 19.3 Å². The molecule has 7 heteroatoms. The molecule has 2 aliphatic carbocycles. The molecule has 0 bridgehead atoms. The van der Waals surface area contributed by atoms with Crippen LogP contribution >= 0.6 is 0 Å². The van der Waals surface area contributed by atoms with Crippen molar-refractivity contribution in [1.82, 2.24) is 0 Å². The predicted octanol–water partition coefficient (Wildman–Crippen LogP) is 4.74. The summed E-state index contributed by atoms with van der Waals surface area (Å²) in [6.07, 6.45) is 5.04. The van der Waals surface area contributed by atoms with E-state index in [1.165, 1.54) is 13.5 Å².